The van der Waals surface area contributed by atoms with Crippen LogP contribution in [0.2, 0.25) is 5.02 Å². The quantitative estimate of drug-likeness (QED) is 0.363. The Bertz CT molecular complexity index is 1040. The van der Waals surface area contributed by atoms with Gasteiger partial charge >= 0.3 is 0 Å². The van der Waals surface area contributed by atoms with Crippen LogP contribution in [0.15, 0.2) is 65.1 Å². The van der Waals surface area contributed by atoms with Gasteiger partial charge in [0.2, 0.25) is 0 Å². The second kappa shape index (κ2) is 10.4. The van der Waals surface area contributed by atoms with E-state index in [0.29, 0.717) is 12.1 Å². The van der Waals surface area contributed by atoms with Crippen LogP contribution in [0.5, 0.6) is 5.75 Å². The van der Waals surface area contributed by atoms with Gasteiger partial charge in [-0.15, -0.1) is 0 Å². The third-order valence-corrected chi connectivity index (χ3v) is 6.29. The van der Waals surface area contributed by atoms with E-state index in [9.17, 15) is 4.39 Å². The van der Waals surface area contributed by atoms with Gasteiger partial charge in [0.05, 0.1) is 10.7 Å². The molecule has 1 aliphatic rings. The Morgan fingerprint density at radius 2 is 1.77 bits per heavy atom. The number of ether oxygens (including phenoxy) is 1. The number of nitrogens with one attached hydrogen (secondary N) is 1. The molecule has 1 fully saturated rings. The third-order valence-electron chi connectivity index (χ3n) is 5.49. The van der Waals surface area contributed by atoms with Crippen molar-refractivity contribution in [1.82, 2.24) is 0 Å². The zero-order valence-corrected chi connectivity index (χ0v) is 19.6. The molecule has 1 N–H and O–H groups in total. The molecule has 1 heterocycles. The van der Waals surface area contributed by atoms with E-state index in [0.717, 1.165) is 45.3 Å². The van der Waals surface area contributed by atoms with Gasteiger partial charge in [0, 0.05) is 40.9 Å². The van der Waals surface area contributed by atoms with Gasteiger partial charge in [-0.05, 0) is 61.7 Å². The Balaban J connectivity index is 1.43. The zero-order chi connectivity index (χ0) is 21.6. The van der Waals surface area contributed by atoms with Gasteiger partial charge < -0.3 is 15.0 Å². The van der Waals surface area contributed by atoms with Crippen molar-refractivity contribution in [3.05, 3.63) is 87.1 Å². The Hall–Kier alpha value is -2.24. The molecule has 0 spiro atoms. The predicted molar refractivity (Wildman–Crippen MR) is 130 cm³/mol. The van der Waals surface area contributed by atoms with E-state index in [1.807, 2.05) is 30.3 Å². The fraction of sp³-hybridized carbons (Fsp3) is 0.280. The van der Waals surface area contributed by atoms with E-state index < -0.39 is 0 Å². The molecule has 0 amide bonds. The summed E-state index contributed by atoms with van der Waals surface area (Å²) in [6, 6.07) is 18.6. The molecule has 0 atom stereocenters. The minimum absolute atomic E-state index is 0.178. The summed E-state index contributed by atoms with van der Waals surface area (Å²) in [7, 11) is 0. The number of halogens is 3. The topological polar surface area (TPSA) is 24.5 Å². The van der Waals surface area contributed by atoms with Crippen LogP contribution in [0.1, 0.15) is 30.4 Å². The molecule has 0 aromatic heterocycles. The highest BCUT2D eigenvalue weighted by molar-refractivity contribution is 9.10. The molecule has 0 aliphatic carbocycles. The predicted octanol–water partition coefficient (Wildman–Crippen LogP) is 7.42. The molecule has 0 saturated carbocycles. The second-order valence-corrected chi connectivity index (χ2v) is 9.02. The summed E-state index contributed by atoms with van der Waals surface area (Å²) >= 11 is 10.1. The van der Waals surface area contributed by atoms with Crippen LogP contribution >= 0.6 is 27.5 Å². The first-order valence-corrected chi connectivity index (χ1v) is 11.7. The highest BCUT2D eigenvalue weighted by atomic mass is 79.9. The number of anilines is 2. The lowest BCUT2D eigenvalue weighted by atomic mass is 10.1. The molecule has 3 nitrogen and oxygen atoms in total. The van der Waals surface area contributed by atoms with E-state index >= 15 is 0 Å². The van der Waals surface area contributed by atoms with Crippen LogP contribution in [0.4, 0.5) is 15.8 Å². The van der Waals surface area contributed by atoms with Gasteiger partial charge in [0.25, 0.3) is 0 Å². The van der Waals surface area contributed by atoms with Crippen molar-refractivity contribution >= 4 is 38.9 Å². The van der Waals surface area contributed by atoms with Crippen LogP contribution < -0.4 is 15.0 Å². The van der Waals surface area contributed by atoms with Crippen LogP contribution in [-0.4, -0.2) is 13.1 Å². The van der Waals surface area contributed by atoms with Crippen LogP contribution in [0.3, 0.4) is 0 Å². The number of rotatable bonds is 7. The third kappa shape index (κ3) is 5.72. The Morgan fingerprint density at radius 1 is 0.968 bits per heavy atom. The van der Waals surface area contributed by atoms with Crippen LogP contribution in [-0.2, 0) is 13.2 Å². The average molecular weight is 504 g/mol. The van der Waals surface area contributed by atoms with Crippen LogP contribution in [0, 0.1) is 5.82 Å². The highest BCUT2D eigenvalue weighted by Gasteiger charge is 2.14. The molecule has 162 valence electrons. The maximum atomic E-state index is 13.9. The molecular formula is C25H25BrClFN2O. The van der Waals surface area contributed by atoms with Gasteiger partial charge in [-0.2, -0.15) is 0 Å². The van der Waals surface area contributed by atoms with Crippen molar-refractivity contribution in [2.45, 2.75) is 32.4 Å². The fourth-order valence-corrected chi connectivity index (χ4v) is 4.51. The smallest absolute Gasteiger partial charge is 0.129 e. The van der Waals surface area contributed by atoms with Gasteiger partial charge in [-0.3, -0.25) is 0 Å². The Kier molecular flexibility index (Phi) is 7.36. The summed E-state index contributed by atoms with van der Waals surface area (Å²) in [5, 5.41) is 4.19. The molecule has 0 unspecified atom stereocenters. The van der Waals surface area contributed by atoms with Crippen molar-refractivity contribution in [2.24, 2.45) is 0 Å². The fourth-order valence-electron chi connectivity index (χ4n) is 3.80. The van der Waals surface area contributed by atoms with Crippen molar-refractivity contribution < 1.29 is 9.13 Å². The second-order valence-electron chi connectivity index (χ2n) is 7.70. The lowest BCUT2D eigenvalue weighted by molar-refractivity contribution is 0.297. The van der Waals surface area contributed by atoms with E-state index in [4.69, 9.17) is 16.3 Å². The SMILES string of the molecule is Fc1ccccc1COc1ccc(Br)cc1CNc1ccc(N2CCCCC2)c(Cl)c1. The van der Waals surface area contributed by atoms with Crippen molar-refractivity contribution in [3.8, 4) is 5.75 Å². The zero-order valence-electron chi connectivity index (χ0n) is 17.2. The first-order valence-electron chi connectivity index (χ1n) is 10.5. The van der Waals surface area contributed by atoms with Crippen molar-refractivity contribution in [3.63, 3.8) is 0 Å². The monoisotopic (exact) mass is 502 g/mol. The molecule has 1 saturated heterocycles. The van der Waals surface area contributed by atoms with Crippen molar-refractivity contribution in [1.29, 1.82) is 0 Å². The van der Waals surface area contributed by atoms with Gasteiger partial charge in [0.1, 0.15) is 18.2 Å². The normalized spacial score (nSPS) is 13.8. The summed E-state index contributed by atoms with van der Waals surface area (Å²) in [4.78, 5) is 2.36. The number of hydrogen-bond donors (Lipinski definition) is 1. The average Bonchev–Trinajstić information content (AvgIpc) is 2.78. The molecule has 31 heavy (non-hydrogen) atoms. The number of piperidine rings is 1. The molecule has 4 rings (SSSR count). The highest BCUT2D eigenvalue weighted by Crippen LogP contribution is 2.32. The van der Waals surface area contributed by atoms with Gasteiger partial charge in [-0.25, -0.2) is 4.39 Å². The van der Waals surface area contributed by atoms with E-state index in [1.54, 1.807) is 12.1 Å². The first-order chi connectivity index (χ1) is 15.1. The summed E-state index contributed by atoms with van der Waals surface area (Å²) in [6.07, 6.45) is 3.73. The number of hydrogen-bond acceptors (Lipinski definition) is 3. The lowest BCUT2D eigenvalue weighted by Gasteiger charge is -2.29. The van der Waals surface area contributed by atoms with Crippen molar-refractivity contribution in [2.75, 3.05) is 23.3 Å². The molecule has 0 bridgehead atoms. The summed E-state index contributed by atoms with van der Waals surface area (Å²) < 4.78 is 20.8. The van der Waals surface area contributed by atoms with E-state index in [1.165, 1.54) is 25.3 Å². The molecule has 6 heteroatoms. The Labute approximate surface area is 196 Å². The first kappa shape index (κ1) is 22.0. The minimum atomic E-state index is -0.261. The number of benzene rings is 3. The number of nitrogens with zero attached hydrogens (tertiary/aromatic N) is 1. The minimum Gasteiger partial charge on any atom is -0.488 e. The van der Waals surface area contributed by atoms with E-state index in [-0.39, 0.29) is 12.4 Å². The molecule has 0 radical (unpaired) electrons. The standard InChI is InChI=1S/C25H25BrClFN2O/c26-20-8-11-25(31-17-18-6-2-3-7-23(18)28)19(14-20)16-29-21-9-10-24(22(27)15-21)30-12-4-1-5-13-30/h2-3,6-11,14-15,29H,1,4-5,12-13,16-17H2. The van der Waals surface area contributed by atoms with Gasteiger partial charge in [0.15, 0.2) is 0 Å². The lowest BCUT2D eigenvalue weighted by Crippen LogP contribution is -2.29. The maximum Gasteiger partial charge on any atom is 0.129 e. The summed E-state index contributed by atoms with van der Waals surface area (Å²) in [6.45, 7) is 2.86. The summed E-state index contributed by atoms with van der Waals surface area (Å²) in [5.41, 5.74) is 3.56. The molecular weight excluding hydrogens is 479 g/mol. The Morgan fingerprint density at radius 3 is 2.55 bits per heavy atom. The van der Waals surface area contributed by atoms with E-state index in [2.05, 4.69) is 38.3 Å². The van der Waals surface area contributed by atoms with Crippen LogP contribution in [0.25, 0.3) is 0 Å². The maximum absolute atomic E-state index is 13.9. The van der Waals surface area contributed by atoms with Gasteiger partial charge in [-0.1, -0.05) is 45.7 Å². The molecule has 1 aliphatic heterocycles. The summed E-state index contributed by atoms with van der Waals surface area (Å²) in [5.74, 6) is 0.456. The molecule has 3 aromatic carbocycles. The molecule has 3 aromatic rings. The largest absolute Gasteiger partial charge is 0.488 e.